The quantitative estimate of drug-likeness (QED) is 0.377. The van der Waals surface area contributed by atoms with Gasteiger partial charge < -0.3 is 29.9 Å². The van der Waals surface area contributed by atoms with Gasteiger partial charge in [0.2, 0.25) is 0 Å². The van der Waals surface area contributed by atoms with Gasteiger partial charge in [-0.1, -0.05) is 42.5 Å². The van der Waals surface area contributed by atoms with Gasteiger partial charge in [0.15, 0.2) is 0 Å². The fourth-order valence-electron chi connectivity index (χ4n) is 9.08. The van der Waals surface area contributed by atoms with E-state index in [2.05, 4.69) is 45.4 Å². The van der Waals surface area contributed by atoms with Crippen LogP contribution in [0.15, 0.2) is 78.9 Å². The number of carbonyl (C=O) groups is 2. The van der Waals surface area contributed by atoms with Gasteiger partial charge in [-0.05, 0) is 91.8 Å². The number of piperazine rings is 1. The van der Waals surface area contributed by atoms with E-state index in [1.807, 2.05) is 53.4 Å². The first kappa shape index (κ1) is 29.2. The highest BCUT2D eigenvalue weighted by molar-refractivity contribution is 5.98. The third-order valence-electron chi connectivity index (χ3n) is 11.1. The van der Waals surface area contributed by atoms with E-state index >= 15 is 0 Å². The summed E-state index contributed by atoms with van der Waals surface area (Å²) in [4.78, 5) is 34.7. The monoisotopic (exact) mass is 621 g/mol. The predicted octanol–water partition coefficient (Wildman–Crippen LogP) is 5.75. The predicted molar refractivity (Wildman–Crippen MR) is 178 cm³/mol. The number of nitrogens with zero attached hydrogens (tertiary/aromatic N) is 4. The van der Waals surface area contributed by atoms with Crippen LogP contribution in [0, 0.1) is 17.8 Å². The average molecular weight is 622 g/mol. The molecule has 0 aromatic heterocycles. The number of fused-ring (bicyclic) bond motifs is 1. The van der Waals surface area contributed by atoms with Crippen molar-refractivity contribution in [2.75, 3.05) is 54.0 Å². The molecular weight excluding hydrogens is 578 g/mol. The lowest BCUT2D eigenvalue weighted by Gasteiger charge is -2.58. The van der Waals surface area contributed by atoms with Crippen LogP contribution >= 0.6 is 0 Å². The van der Waals surface area contributed by atoms with Crippen LogP contribution in [-0.2, 0) is 11.3 Å². The SMILES string of the molecule is O=C(OCc1ccccc1)N1CCN(c2ccc(N3CCN(C(=O)NC4[C@@H]5CC6C[C@H]4CC(O)(C6)C5)c4ccccc43)cc2)CC1. The molecule has 9 rings (SSSR count). The normalized spacial score (nSPS) is 28.2. The Morgan fingerprint density at radius 1 is 0.761 bits per heavy atom. The van der Waals surface area contributed by atoms with Crippen molar-refractivity contribution in [2.24, 2.45) is 17.8 Å². The molecule has 240 valence electrons. The summed E-state index contributed by atoms with van der Waals surface area (Å²) in [7, 11) is 0. The highest BCUT2D eigenvalue weighted by atomic mass is 16.6. The number of aliphatic hydroxyl groups is 1. The molecule has 4 bridgehead atoms. The van der Waals surface area contributed by atoms with Crippen LogP contribution in [0.3, 0.4) is 0 Å². The van der Waals surface area contributed by atoms with Gasteiger partial charge in [0.25, 0.3) is 0 Å². The van der Waals surface area contributed by atoms with Crippen LogP contribution in [0.1, 0.15) is 37.7 Å². The summed E-state index contributed by atoms with van der Waals surface area (Å²) in [5, 5.41) is 14.4. The van der Waals surface area contributed by atoms with Crippen molar-refractivity contribution in [3.8, 4) is 0 Å². The summed E-state index contributed by atoms with van der Waals surface area (Å²) in [6, 6.07) is 26.7. The Morgan fingerprint density at radius 3 is 2.11 bits per heavy atom. The number of amides is 3. The number of para-hydroxylation sites is 2. The average Bonchev–Trinajstić information content (AvgIpc) is 3.08. The summed E-state index contributed by atoms with van der Waals surface area (Å²) in [6.45, 7) is 4.33. The van der Waals surface area contributed by atoms with Gasteiger partial charge in [-0.25, -0.2) is 9.59 Å². The molecule has 3 unspecified atom stereocenters. The molecule has 0 radical (unpaired) electrons. The summed E-state index contributed by atoms with van der Waals surface area (Å²) in [6.07, 6.45) is 4.58. The number of rotatable bonds is 5. The first-order valence-electron chi connectivity index (χ1n) is 16.9. The van der Waals surface area contributed by atoms with Crippen molar-refractivity contribution in [1.29, 1.82) is 0 Å². The Morgan fingerprint density at radius 2 is 1.41 bits per heavy atom. The zero-order chi connectivity index (χ0) is 31.3. The molecule has 1 saturated heterocycles. The number of hydrogen-bond acceptors (Lipinski definition) is 6. The van der Waals surface area contributed by atoms with Crippen molar-refractivity contribution in [3.63, 3.8) is 0 Å². The van der Waals surface area contributed by atoms with Crippen molar-refractivity contribution in [2.45, 2.75) is 50.4 Å². The lowest BCUT2D eigenvalue weighted by atomic mass is 9.52. The third kappa shape index (κ3) is 5.55. The van der Waals surface area contributed by atoms with Gasteiger partial charge in [0, 0.05) is 56.7 Å². The van der Waals surface area contributed by atoms with Crippen LogP contribution < -0.4 is 20.0 Å². The second kappa shape index (κ2) is 11.8. The maximum atomic E-state index is 13.8. The molecule has 2 aliphatic heterocycles. The minimum absolute atomic E-state index is 0.0185. The van der Waals surface area contributed by atoms with E-state index < -0.39 is 5.60 Å². The Balaban J connectivity index is 0.891. The number of ether oxygens (including phenoxy) is 1. The fourth-order valence-corrected chi connectivity index (χ4v) is 9.08. The highest BCUT2D eigenvalue weighted by Gasteiger charge is 2.55. The maximum absolute atomic E-state index is 13.8. The van der Waals surface area contributed by atoms with Gasteiger partial charge in [0.05, 0.1) is 17.0 Å². The molecule has 2 N–H and O–H groups in total. The fraction of sp³-hybridized carbons (Fsp3) is 0.459. The first-order valence-corrected chi connectivity index (χ1v) is 16.9. The first-order chi connectivity index (χ1) is 22.4. The lowest BCUT2D eigenvalue weighted by Crippen LogP contribution is -2.63. The largest absolute Gasteiger partial charge is 0.445 e. The number of carbonyl (C=O) groups excluding carboxylic acids is 2. The molecule has 0 spiro atoms. The summed E-state index contributed by atoms with van der Waals surface area (Å²) in [5.41, 5.74) is 4.66. The van der Waals surface area contributed by atoms with Crippen LogP contribution in [0.25, 0.3) is 0 Å². The Hall–Kier alpha value is -4.24. The molecule has 6 aliphatic rings. The van der Waals surface area contributed by atoms with Crippen LogP contribution in [0.5, 0.6) is 0 Å². The molecule has 5 fully saturated rings. The van der Waals surface area contributed by atoms with E-state index in [1.54, 1.807) is 4.90 Å². The van der Waals surface area contributed by atoms with Gasteiger partial charge in [-0.3, -0.25) is 4.90 Å². The molecule has 2 heterocycles. The van der Waals surface area contributed by atoms with Crippen molar-refractivity contribution < 1.29 is 19.4 Å². The van der Waals surface area contributed by atoms with Gasteiger partial charge in [-0.15, -0.1) is 0 Å². The van der Waals surface area contributed by atoms with E-state index in [1.165, 1.54) is 0 Å². The van der Waals surface area contributed by atoms with Crippen molar-refractivity contribution >= 4 is 34.9 Å². The Bertz CT molecular complexity index is 1560. The molecule has 46 heavy (non-hydrogen) atoms. The maximum Gasteiger partial charge on any atom is 0.410 e. The number of nitrogens with one attached hydrogen (secondary N) is 1. The summed E-state index contributed by atoms with van der Waals surface area (Å²) >= 11 is 0. The van der Waals surface area contributed by atoms with Gasteiger partial charge in [-0.2, -0.15) is 0 Å². The highest BCUT2D eigenvalue weighted by Crippen LogP contribution is 2.55. The Kier molecular flexibility index (Phi) is 7.51. The molecule has 3 amide bonds. The molecule has 3 aromatic carbocycles. The standard InChI is InChI=1S/C37H43N5O4/c43-35(38-34-28-20-27-21-29(34)24-37(45,22-27)23-28)42-19-18-41(32-8-4-5-9-33(32)42)31-12-10-30(11-13-31)39-14-16-40(17-15-39)36(44)46-25-26-6-2-1-3-7-26/h1-13,27-29,34,45H,14-25H2,(H,38,43)/t27?,28-,29+,34?,37?. The molecule has 4 saturated carbocycles. The van der Waals surface area contributed by atoms with Crippen molar-refractivity contribution in [3.05, 3.63) is 84.4 Å². The number of anilines is 4. The number of hydrogen-bond donors (Lipinski definition) is 2. The van der Waals surface area contributed by atoms with Crippen LogP contribution in [0.4, 0.5) is 32.3 Å². The Labute approximate surface area is 270 Å². The van der Waals surface area contributed by atoms with E-state index in [9.17, 15) is 14.7 Å². The van der Waals surface area contributed by atoms with Crippen LogP contribution in [-0.4, -0.2) is 73.0 Å². The minimum Gasteiger partial charge on any atom is -0.445 e. The number of benzene rings is 3. The minimum atomic E-state index is -0.503. The van der Waals surface area contributed by atoms with E-state index in [4.69, 9.17) is 4.74 Å². The van der Waals surface area contributed by atoms with E-state index in [-0.39, 0.29) is 24.8 Å². The second-order valence-corrected chi connectivity index (χ2v) is 14.0. The molecule has 4 aliphatic carbocycles. The third-order valence-corrected chi connectivity index (χ3v) is 11.1. The van der Waals surface area contributed by atoms with Crippen LogP contribution in [0.2, 0.25) is 0 Å². The van der Waals surface area contributed by atoms with E-state index in [0.29, 0.717) is 43.9 Å². The topological polar surface area (TPSA) is 88.6 Å². The van der Waals surface area contributed by atoms with Crippen molar-refractivity contribution in [1.82, 2.24) is 10.2 Å². The summed E-state index contributed by atoms with van der Waals surface area (Å²) < 4.78 is 5.53. The van der Waals surface area contributed by atoms with E-state index in [0.717, 1.165) is 73.5 Å². The lowest BCUT2D eigenvalue weighted by molar-refractivity contribution is -0.136. The van der Waals surface area contributed by atoms with Gasteiger partial charge in [0.1, 0.15) is 6.61 Å². The molecule has 5 atom stereocenters. The zero-order valence-electron chi connectivity index (χ0n) is 26.3. The molecule has 9 heteroatoms. The molecule has 3 aromatic rings. The molecule has 9 nitrogen and oxygen atoms in total. The summed E-state index contributed by atoms with van der Waals surface area (Å²) in [5.74, 6) is 1.38. The smallest absolute Gasteiger partial charge is 0.410 e. The number of urea groups is 1. The molecular formula is C37H43N5O4. The van der Waals surface area contributed by atoms with Gasteiger partial charge >= 0.3 is 12.1 Å². The zero-order valence-corrected chi connectivity index (χ0v) is 26.3. The second-order valence-electron chi connectivity index (χ2n) is 14.0.